The molecule has 0 bridgehead atoms. The maximum atomic E-state index is 6.23. The van der Waals surface area contributed by atoms with Crippen molar-refractivity contribution in [1.29, 1.82) is 0 Å². The highest BCUT2D eigenvalue weighted by Crippen LogP contribution is 2.41. The van der Waals surface area contributed by atoms with Crippen molar-refractivity contribution in [3.8, 4) is 44.5 Å². The lowest BCUT2D eigenvalue weighted by Crippen LogP contribution is -2.10. The predicted octanol–water partition coefficient (Wildman–Crippen LogP) is 14.9. The van der Waals surface area contributed by atoms with Crippen LogP contribution in [0.15, 0.2) is 217 Å². The van der Waals surface area contributed by atoms with E-state index in [1.54, 1.807) is 0 Å². The van der Waals surface area contributed by atoms with E-state index in [1.165, 1.54) is 44.2 Å². The molecule has 2 nitrogen and oxygen atoms in total. The van der Waals surface area contributed by atoms with Gasteiger partial charge in [0, 0.05) is 27.8 Å². The number of hydrogen-bond acceptors (Lipinski definition) is 2. The number of nitrogens with zero attached hydrogens (tertiary/aromatic N) is 1. The summed E-state index contributed by atoms with van der Waals surface area (Å²) in [6, 6.07) is 75.9. The maximum absolute atomic E-state index is 6.23. The van der Waals surface area contributed by atoms with E-state index in [4.69, 9.17) is 4.42 Å². The Morgan fingerprint density at radius 2 is 0.833 bits per heavy atom. The molecule has 0 saturated heterocycles. The zero-order valence-electron chi connectivity index (χ0n) is 29.6. The molecule has 0 radical (unpaired) electrons. The van der Waals surface area contributed by atoms with Crippen molar-refractivity contribution in [3.63, 3.8) is 0 Å². The number of anilines is 3. The van der Waals surface area contributed by atoms with Crippen LogP contribution in [0.5, 0.6) is 0 Å². The molecule has 0 atom stereocenters. The van der Waals surface area contributed by atoms with Crippen LogP contribution in [0.25, 0.3) is 77.2 Å². The van der Waals surface area contributed by atoms with Gasteiger partial charge in [-0.15, -0.1) is 0 Å². The third kappa shape index (κ3) is 5.71. The van der Waals surface area contributed by atoms with E-state index in [0.29, 0.717) is 0 Å². The quantitative estimate of drug-likeness (QED) is 0.166. The molecule has 254 valence electrons. The minimum Gasteiger partial charge on any atom is -0.456 e. The van der Waals surface area contributed by atoms with Crippen LogP contribution in [0, 0.1) is 0 Å². The van der Waals surface area contributed by atoms with Crippen molar-refractivity contribution < 1.29 is 4.42 Å². The topological polar surface area (TPSA) is 16.4 Å². The lowest BCUT2D eigenvalue weighted by molar-refractivity contribution is 0.669. The summed E-state index contributed by atoms with van der Waals surface area (Å²) in [4.78, 5) is 2.36. The first-order chi connectivity index (χ1) is 26.8. The molecule has 0 spiro atoms. The summed E-state index contributed by atoms with van der Waals surface area (Å²) in [6.45, 7) is 0. The largest absolute Gasteiger partial charge is 0.456 e. The number of rotatable bonds is 7. The molecule has 0 fully saturated rings. The zero-order chi connectivity index (χ0) is 35.8. The summed E-state index contributed by atoms with van der Waals surface area (Å²) in [5, 5.41) is 4.76. The van der Waals surface area contributed by atoms with Crippen molar-refractivity contribution in [1.82, 2.24) is 0 Å². The van der Waals surface area contributed by atoms with E-state index in [-0.39, 0.29) is 0 Å². The number of hydrogen-bond donors (Lipinski definition) is 0. The van der Waals surface area contributed by atoms with E-state index in [2.05, 4.69) is 205 Å². The Labute approximate surface area is 314 Å². The van der Waals surface area contributed by atoms with Crippen molar-refractivity contribution in [2.24, 2.45) is 0 Å². The van der Waals surface area contributed by atoms with E-state index in [9.17, 15) is 0 Å². The van der Waals surface area contributed by atoms with Gasteiger partial charge in [0.25, 0.3) is 0 Å². The van der Waals surface area contributed by atoms with E-state index >= 15 is 0 Å². The Hall–Kier alpha value is -7.16. The third-order valence-corrected chi connectivity index (χ3v) is 10.5. The summed E-state index contributed by atoms with van der Waals surface area (Å²) in [7, 11) is 0. The van der Waals surface area contributed by atoms with Crippen LogP contribution in [0.4, 0.5) is 17.1 Å². The summed E-state index contributed by atoms with van der Waals surface area (Å²) >= 11 is 0. The summed E-state index contributed by atoms with van der Waals surface area (Å²) < 4.78 is 6.23. The molecule has 10 rings (SSSR count). The second-order valence-corrected chi connectivity index (χ2v) is 13.7. The molecule has 2 heteroatoms. The fraction of sp³-hybridized carbons (Fsp3) is 0. The van der Waals surface area contributed by atoms with Gasteiger partial charge in [0.15, 0.2) is 0 Å². The lowest BCUT2D eigenvalue weighted by atomic mass is 9.97. The van der Waals surface area contributed by atoms with Crippen LogP contribution in [0.3, 0.4) is 0 Å². The van der Waals surface area contributed by atoms with Crippen LogP contribution >= 0.6 is 0 Å². The number of para-hydroxylation sites is 1. The first-order valence-corrected chi connectivity index (χ1v) is 18.4. The normalized spacial score (nSPS) is 11.3. The average molecular weight is 690 g/mol. The fourth-order valence-corrected chi connectivity index (χ4v) is 7.85. The van der Waals surface area contributed by atoms with Gasteiger partial charge in [-0.1, -0.05) is 158 Å². The average Bonchev–Trinajstić information content (AvgIpc) is 3.64. The first kappa shape index (κ1) is 31.6. The second kappa shape index (κ2) is 13.4. The molecule has 1 heterocycles. The third-order valence-electron chi connectivity index (χ3n) is 10.5. The molecule has 0 aliphatic heterocycles. The molecule has 54 heavy (non-hydrogen) atoms. The maximum Gasteiger partial charge on any atom is 0.136 e. The summed E-state index contributed by atoms with van der Waals surface area (Å²) in [5.74, 6) is 0. The van der Waals surface area contributed by atoms with Gasteiger partial charge < -0.3 is 9.32 Å². The van der Waals surface area contributed by atoms with Gasteiger partial charge in [-0.2, -0.15) is 0 Å². The highest BCUT2D eigenvalue weighted by molar-refractivity contribution is 6.12. The van der Waals surface area contributed by atoms with Crippen LogP contribution in [0.1, 0.15) is 0 Å². The van der Waals surface area contributed by atoms with Crippen molar-refractivity contribution >= 4 is 49.8 Å². The lowest BCUT2D eigenvalue weighted by Gasteiger charge is -2.26. The van der Waals surface area contributed by atoms with Crippen LogP contribution in [-0.2, 0) is 0 Å². The fourth-order valence-electron chi connectivity index (χ4n) is 7.85. The Morgan fingerprint density at radius 3 is 1.63 bits per heavy atom. The van der Waals surface area contributed by atoms with Crippen molar-refractivity contribution in [2.45, 2.75) is 0 Å². The molecule has 0 amide bonds. The minimum atomic E-state index is 0.902. The first-order valence-electron chi connectivity index (χ1n) is 18.4. The molecule has 0 N–H and O–H groups in total. The Balaban J connectivity index is 1.07. The Kier molecular flexibility index (Phi) is 7.85. The monoisotopic (exact) mass is 689 g/mol. The van der Waals surface area contributed by atoms with Crippen LogP contribution in [0.2, 0.25) is 0 Å². The van der Waals surface area contributed by atoms with Crippen LogP contribution in [-0.4, -0.2) is 0 Å². The smallest absolute Gasteiger partial charge is 0.136 e. The number of benzene rings is 9. The highest BCUT2D eigenvalue weighted by atomic mass is 16.3. The molecular formula is C52H35NO. The van der Waals surface area contributed by atoms with Gasteiger partial charge in [0.1, 0.15) is 11.2 Å². The van der Waals surface area contributed by atoms with E-state index in [1.807, 2.05) is 12.1 Å². The van der Waals surface area contributed by atoms with Gasteiger partial charge in [-0.25, -0.2) is 0 Å². The second-order valence-electron chi connectivity index (χ2n) is 13.7. The summed E-state index contributed by atoms with van der Waals surface area (Å²) in [5.41, 5.74) is 14.6. The molecule has 0 aliphatic rings. The minimum absolute atomic E-state index is 0.902. The Morgan fingerprint density at radius 1 is 0.296 bits per heavy atom. The standard InChI is InChI=1S/C52H35NO/c1-2-12-36(13-3-1)40-16-8-17-41(34-40)37-26-30-43(31-27-37)53(45-19-9-18-42(35-45)47-22-10-15-38-14-4-5-20-46(38)47)44-32-28-39(29-33-44)48-23-11-25-51-52(48)49-21-6-7-24-50(49)54-51/h1-35H. The van der Waals surface area contributed by atoms with Gasteiger partial charge in [0.05, 0.1) is 0 Å². The molecule has 0 unspecified atom stereocenters. The van der Waals surface area contributed by atoms with E-state index < -0.39 is 0 Å². The molecule has 0 saturated carbocycles. The van der Waals surface area contributed by atoms with Crippen molar-refractivity contribution in [3.05, 3.63) is 212 Å². The molecular weight excluding hydrogens is 655 g/mol. The zero-order valence-corrected chi connectivity index (χ0v) is 29.6. The van der Waals surface area contributed by atoms with E-state index in [0.717, 1.165) is 50.1 Å². The number of fused-ring (bicyclic) bond motifs is 4. The van der Waals surface area contributed by atoms with Gasteiger partial charge in [0.2, 0.25) is 0 Å². The molecule has 10 aromatic rings. The molecule has 1 aromatic heterocycles. The SMILES string of the molecule is c1ccc(-c2cccc(-c3ccc(N(c4ccc(-c5cccc6oc7ccccc7c56)cc4)c4cccc(-c5cccc6ccccc56)c4)cc3)c2)cc1. The predicted molar refractivity (Wildman–Crippen MR) is 228 cm³/mol. The Bertz CT molecular complexity index is 2920. The van der Waals surface area contributed by atoms with Gasteiger partial charge in [-0.05, 0) is 110 Å². The van der Waals surface area contributed by atoms with Gasteiger partial charge in [-0.3, -0.25) is 0 Å². The van der Waals surface area contributed by atoms with Crippen molar-refractivity contribution in [2.75, 3.05) is 4.90 Å². The summed E-state index contributed by atoms with van der Waals surface area (Å²) in [6.07, 6.45) is 0. The number of furan rings is 1. The molecule has 0 aliphatic carbocycles. The highest BCUT2D eigenvalue weighted by Gasteiger charge is 2.17. The molecule has 9 aromatic carbocycles. The van der Waals surface area contributed by atoms with Crippen LogP contribution < -0.4 is 4.90 Å². The van der Waals surface area contributed by atoms with Gasteiger partial charge >= 0.3 is 0 Å².